The summed E-state index contributed by atoms with van der Waals surface area (Å²) < 4.78 is 9.71. The zero-order chi connectivity index (χ0) is 20.0. The van der Waals surface area contributed by atoms with E-state index in [2.05, 4.69) is 10.1 Å². The number of ether oxygens (including phenoxy) is 2. The number of nitro groups is 1. The molecule has 0 unspecified atom stereocenters. The van der Waals surface area contributed by atoms with Gasteiger partial charge in [0.15, 0.2) is 6.61 Å². The van der Waals surface area contributed by atoms with E-state index in [0.717, 1.165) is 0 Å². The predicted octanol–water partition coefficient (Wildman–Crippen LogP) is 2.46. The number of non-ortho nitro benzene ring substituents is 1. The van der Waals surface area contributed by atoms with Gasteiger partial charge in [-0.15, -0.1) is 0 Å². The number of hydrogen-bond donors (Lipinski definition) is 1. The Hall–Kier alpha value is -3.62. The van der Waals surface area contributed by atoms with Crippen LogP contribution in [-0.4, -0.2) is 44.6 Å². The van der Waals surface area contributed by atoms with Crippen LogP contribution in [0.2, 0.25) is 0 Å². The van der Waals surface area contributed by atoms with Gasteiger partial charge in [0.1, 0.15) is 5.75 Å². The van der Waals surface area contributed by atoms with Gasteiger partial charge in [0.2, 0.25) is 0 Å². The molecule has 0 atom stereocenters. The number of rotatable bonds is 7. The summed E-state index contributed by atoms with van der Waals surface area (Å²) in [6.07, 6.45) is 0. The second-order valence-corrected chi connectivity index (χ2v) is 5.70. The van der Waals surface area contributed by atoms with E-state index in [-0.39, 0.29) is 17.9 Å². The number of hydrogen-bond acceptors (Lipinski definition) is 7. The number of amides is 1. The minimum atomic E-state index is -0.552. The van der Waals surface area contributed by atoms with Gasteiger partial charge in [-0.1, -0.05) is 0 Å². The Bertz CT molecular complexity index is 849. The van der Waals surface area contributed by atoms with E-state index in [1.165, 1.54) is 25.3 Å². The highest BCUT2D eigenvalue weighted by molar-refractivity contribution is 6.08. The van der Waals surface area contributed by atoms with Gasteiger partial charge in [0.05, 0.1) is 17.6 Å². The highest BCUT2D eigenvalue weighted by Crippen LogP contribution is 2.25. The molecule has 0 fully saturated rings. The Kier molecular flexibility index (Phi) is 6.32. The largest absolute Gasteiger partial charge is 0.482 e. The van der Waals surface area contributed by atoms with E-state index in [1.54, 1.807) is 43.3 Å². The van der Waals surface area contributed by atoms with Crippen molar-refractivity contribution in [1.82, 2.24) is 0 Å². The van der Waals surface area contributed by atoms with Crippen LogP contribution >= 0.6 is 0 Å². The van der Waals surface area contributed by atoms with Crippen LogP contribution < -0.4 is 15.0 Å². The van der Waals surface area contributed by atoms with Gasteiger partial charge in [-0.2, -0.15) is 0 Å². The molecule has 1 N–H and O–H groups in total. The highest BCUT2D eigenvalue weighted by atomic mass is 16.6. The molecular formula is C18H19N3O6. The Morgan fingerprint density at radius 2 is 1.81 bits per heavy atom. The van der Waals surface area contributed by atoms with Crippen LogP contribution in [0.4, 0.5) is 17.1 Å². The van der Waals surface area contributed by atoms with Crippen LogP contribution in [0.1, 0.15) is 10.4 Å². The number of carbonyl (C=O) groups excluding carboxylic acids is 2. The van der Waals surface area contributed by atoms with Gasteiger partial charge >= 0.3 is 5.97 Å². The molecule has 0 bridgehead atoms. The summed E-state index contributed by atoms with van der Waals surface area (Å²) in [7, 11) is 4.75. The molecule has 0 heterocycles. The van der Waals surface area contributed by atoms with Crippen molar-refractivity contribution >= 4 is 28.9 Å². The number of anilines is 2. The predicted molar refractivity (Wildman–Crippen MR) is 99.3 cm³/mol. The third-order valence-electron chi connectivity index (χ3n) is 3.61. The molecule has 0 aromatic heterocycles. The molecule has 1 amide bonds. The molecular weight excluding hydrogens is 354 g/mol. The van der Waals surface area contributed by atoms with Crippen molar-refractivity contribution in [1.29, 1.82) is 0 Å². The first-order valence-electron chi connectivity index (χ1n) is 7.88. The van der Waals surface area contributed by atoms with Crippen molar-refractivity contribution in [2.75, 3.05) is 38.0 Å². The maximum absolute atomic E-state index is 12.6. The van der Waals surface area contributed by atoms with E-state index in [4.69, 9.17) is 4.74 Å². The van der Waals surface area contributed by atoms with Crippen molar-refractivity contribution < 1.29 is 24.0 Å². The van der Waals surface area contributed by atoms with E-state index >= 15 is 0 Å². The summed E-state index contributed by atoms with van der Waals surface area (Å²) >= 11 is 0. The van der Waals surface area contributed by atoms with Gasteiger partial charge in [-0.3, -0.25) is 14.9 Å². The van der Waals surface area contributed by atoms with Crippen LogP contribution in [-0.2, 0) is 9.53 Å². The molecule has 0 aliphatic carbocycles. The summed E-state index contributed by atoms with van der Waals surface area (Å²) in [5.41, 5.74) is 1.04. The maximum atomic E-state index is 12.6. The molecule has 0 aliphatic heterocycles. The topological polar surface area (TPSA) is 111 Å². The Labute approximate surface area is 155 Å². The van der Waals surface area contributed by atoms with Crippen LogP contribution in [0.5, 0.6) is 5.75 Å². The van der Waals surface area contributed by atoms with Crippen LogP contribution in [0, 0.1) is 10.1 Å². The zero-order valence-corrected chi connectivity index (χ0v) is 15.1. The molecule has 9 heteroatoms. The lowest BCUT2D eigenvalue weighted by Gasteiger charge is -2.17. The minimum Gasteiger partial charge on any atom is -0.482 e. The highest BCUT2D eigenvalue weighted by Gasteiger charge is 2.18. The lowest BCUT2D eigenvalue weighted by Crippen LogP contribution is -2.18. The van der Waals surface area contributed by atoms with Gasteiger partial charge < -0.3 is 19.7 Å². The minimum absolute atomic E-state index is 0.169. The van der Waals surface area contributed by atoms with Crippen LogP contribution in [0.3, 0.4) is 0 Å². The first kappa shape index (κ1) is 19.7. The van der Waals surface area contributed by atoms with Crippen LogP contribution in [0.15, 0.2) is 42.5 Å². The smallest absolute Gasteiger partial charge is 0.343 e. The lowest BCUT2D eigenvalue weighted by molar-refractivity contribution is -0.384. The monoisotopic (exact) mass is 373 g/mol. The lowest BCUT2D eigenvalue weighted by atomic mass is 10.1. The molecule has 0 saturated heterocycles. The summed E-state index contributed by atoms with van der Waals surface area (Å²) in [5, 5.41) is 13.7. The third kappa shape index (κ3) is 5.18. The fourth-order valence-electron chi connectivity index (χ4n) is 2.24. The van der Waals surface area contributed by atoms with E-state index in [1.807, 2.05) is 0 Å². The molecule has 2 aromatic carbocycles. The average molecular weight is 373 g/mol. The number of benzene rings is 2. The number of carbonyl (C=O) groups is 2. The first-order valence-corrected chi connectivity index (χ1v) is 7.88. The number of nitrogens with zero attached hydrogens (tertiary/aromatic N) is 2. The number of nitro benzene ring substituents is 1. The molecule has 0 radical (unpaired) electrons. The Morgan fingerprint density at radius 3 is 2.37 bits per heavy atom. The van der Waals surface area contributed by atoms with Crippen molar-refractivity contribution in [2.24, 2.45) is 0 Å². The molecule has 2 rings (SSSR count). The quantitative estimate of drug-likeness (QED) is 0.451. The Balaban J connectivity index is 2.15. The van der Waals surface area contributed by atoms with Crippen molar-refractivity contribution in [3.05, 3.63) is 58.1 Å². The van der Waals surface area contributed by atoms with Crippen molar-refractivity contribution in [3.63, 3.8) is 0 Å². The van der Waals surface area contributed by atoms with Gasteiger partial charge in [-0.25, -0.2) is 4.79 Å². The third-order valence-corrected chi connectivity index (χ3v) is 3.61. The van der Waals surface area contributed by atoms with Gasteiger partial charge in [0.25, 0.3) is 11.6 Å². The summed E-state index contributed by atoms with van der Waals surface area (Å²) in [4.78, 5) is 35.8. The summed E-state index contributed by atoms with van der Waals surface area (Å²) in [5.74, 6) is -0.553. The normalized spacial score (nSPS) is 10.0. The standard InChI is InChI=1S/C18H19N3O6/c1-20(2)16-9-6-13(21(24)25)10-15(16)18(23)19-12-4-7-14(8-5-12)27-11-17(22)26-3/h4-10H,11H2,1-3H3,(H,19,23). The van der Waals surface area contributed by atoms with Gasteiger partial charge in [-0.05, 0) is 30.3 Å². The fourth-order valence-corrected chi connectivity index (χ4v) is 2.24. The first-order chi connectivity index (χ1) is 12.8. The zero-order valence-electron chi connectivity index (χ0n) is 15.1. The van der Waals surface area contributed by atoms with E-state index in [0.29, 0.717) is 17.1 Å². The number of esters is 1. The van der Waals surface area contributed by atoms with E-state index in [9.17, 15) is 19.7 Å². The summed E-state index contributed by atoms with van der Waals surface area (Å²) in [6, 6.07) is 10.5. The van der Waals surface area contributed by atoms with Crippen molar-refractivity contribution in [2.45, 2.75) is 0 Å². The van der Waals surface area contributed by atoms with E-state index < -0.39 is 16.8 Å². The summed E-state index contributed by atoms with van der Waals surface area (Å²) in [6.45, 7) is -0.220. The SMILES string of the molecule is COC(=O)COc1ccc(NC(=O)c2cc([N+](=O)[O-])ccc2N(C)C)cc1. The van der Waals surface area contributed by atoms with Crippen LogP contribution in [0.25, 0.3) is 0 Å². The molecule has 9 nitrogen and oxygen atoms in total. The average Bonchev–Trinajstić information content (AvgIpc) is 2.66. The Morgan fingerprint density at radius 1 is 1.15 bits per heavy atom. The molecule has 0 spiro atoms. The van der Waals surface area contributed by atoms with Gasteiger partial charge in [0, 0.05) is 37.6 Å². The number of methoxy groups -OCH3 is 1. The molecule has 142 valence electrons. The second kappa shape index (κ2) is 8.65. The molecule has 27 heavy (non-hydrogen) atoms. The molecule has 0 saturated carbocycles. The number of nitrogens with one attached hydrogen (secondary N) is 1. The van der Waals surface area contributed by atoms with Crippen molar-refractivity contribution in [3.8, 4) is 5.75 Å². The molecule has 2 aromatic rings. The maximum Gasteiger partial charge on any atom is 0.343 e. The fraction of sp³-hybridized carbons (Fsp3) is 0.222. The molecule has 0 aliphatic rings. The second-order valence-electron chi connectivity index (χ2n) is 5.70.